The summed E-state index contributed by atoms with van der Waals surface area (Å²) >= 11 is 0. The van der Waals surface area contributed by atoms with Crippen LogP contribution >= 0.6 is 0 Å². The Morgan fingerprint density at radius 1 is 0.674 bits per heavy atom. The first-order chi connectivity index (χ1) is 22.4. The summed E-state index contributed by atoms with van der Waals surface area (Å²) in [5.41, 5.74) is 12.5. The SMILES string of the molecule is C=c1cccc/c1=C/C=C(\C)N(c1ccc(-c2ccccc2)cc1)c1ccc2c(c1)C(C)(C)c1ccc3c(oc4ccccc43)c1-2. The van der Waals surface area contributed by atoms with Crippen LogP contribution in [0, 0.1) is 0 Å². The van der Waals surface area contributed by atoms with Gasteiger partial charge in [-0.3, -0.25) is 0 Å². The zero-order chi connectivity index (χ0) is 31.4. The summed E-state index contributed by atoms with van der Waals surface area (Å²) in [6.07, 6.45) is 4.36. The van der Waals surface area contributed by atoms with E-state index in [-0.39, 0.29) is 5.41 Å². The first kappa shape index (κ1) is 27.9. The Kier molecular flexibility index (Phi) is 6.54. The standard InChI is InChI=1S/C44H35NO/c1-29-12-8-9-13-31(29)19-18-30(2)45(34-22-20-33(21-23-34)32-14-6-5-7-15-32)35-24-25-38-40(28-35)44(3,4)39-27-26-37-36-16-10-11-17-41(36)46-43(37)42(38)39/h5-28H,1H2,2-4H3/b30-18+,31-19-. The smallest absolute Gasteiger partial charge is 0.143 e. The van der Waals surface area contributed by atoms with Crippen molar-refractivity contribution >= 4 is 46.0 Å². The number of hydrogen-bond acceptors (Lipinski definition) is 2. The van der Waals surface area contributed by atoms with Crippen molar-refractivity contribution in [1.29, 1.82) is 0 Å². The van der Waals surface area contributed by atoms with E-state index >= 15 is 0 Å². The van der Waals surface area contributed by atoms with Crippen LogP contribution in [0.25, 0.3) is 56.8 Å². The molecule has 0 unspecified atom stereocenters. The summed E-state index contributed by atoms with van der Waals surface area (Å²) in [5.74, 6) is 0. The number of nitrogens with zero attached hydrogens (tertiary/aromatic N) is 1. The first-order valence-electron chi connectivity index (χ1n) is 15.9. The minimum Gasteiger partial charge on any atom is -0.455 e. The second kappa shape index (κ2) is 10.8. The van der Waals surface area contributed by atoms with Crippen LogP contribution in [0.2, 0.25) is 0 Å². The van der Waals surface area contributed by atoms with Gasteiger partial charge in [0.2, 0.25) is 0 Å². The molecule has 0 atom stereocenters. The highest BCUT2D eigenvalue weighted by Crippen LogP contribution is 2.53. The van der Waals surface area contributed by atoms with Crippen molar-refractivity contribution in [2.75, 3.05) is 4.90 Å². The van der Waals surface area contributed by atoms with E-state index in [0.29, 0.717) is 0 Å². The Hall–Kier alpha value is -5.60. The lowest BCUT2D eigenvalue weighted by atomic mass is 9.82. The number of rotatable bonds is 5. The first-order valence-corrected chi connectivity index (χ1v) is 15.9. The Labute approximate surface area is 269 Å². The zero-order valence-corrected chi connectivity index (χ0v) is 26.4. The van der Waals surface area contributed by atoms with Gasteiger partial charge >= 0.3 is 0 Å². The second-order valence-corrected chi connectivity index (χ2v) is 12.7. The summed E-state index contributed by atoms with van der Waals surface area (Å²) in [6.45, 7) is 11.1. The number of furan rings is 1. The van der Waals surface area contributed by atoms with Crippen LogP contribution in [0.3, 0.4) is 0 Å². The molecule has 8 rings (SSSR count). The van der Waals surface area contributed by atoms with Crippen LogP contribution in [-0.4, -0.2) is 0 Å². The van der Waals surface area contributed by atoms with Gasteiger partial charge in [0.15, 0.2) is 0 Å². The van der Waals surface area contributed by atoms with Crippen LogP contribution in [0.5, 0.6) is 0 Å². The predicted molar refractivity (Wildman–Crippen MR) is 195 cm³/mol. The lowest BCUT2D eigenvalue weighted by Gasteiger charge is -2.28. The number of hydrogen-bond donors (Lipinski definition) is 0. The molecule has 0 saturated carbocycles. The van der Waals surface area contributed by atoms with Crippen molar-refractivity contribution in [2.45, 2.75) is 26.2 Å². The van der Waals surface area contributed by atoms with Crippen molar-refractivity contribution in [1.82, 2.24) is 0 Å². The Bertz CT molecular complexity index is 2410. The molecular formula is C44H35NO. The molecule has 0 radical (unpaired) electrons. The largest absolute Gasteiger partial charge is 0.455 e. The summed E-state index contributed by atoms with van der Waals surface area (Å²) in [4.78, 5) is 2.35. The van der Waals surface area contributed by atoms with Gasteiger partial charge in [0.05, 0.1) is 0 Å². The fraction of sp³-hybridized carbons (Fsp3) is 0.0909. The van der Waals surface area contributed by atoms with Crippen LogP contribution in [-0.2, 0) is 5.41 Å². The third kappa shape index (κ3) is 4.49. The highest BCUT2D eigenvalue weighted by Gasteiger charge is 2.38. The maximum atomic E-state index is 6.53. The highest BCUT2D eigenvalue weighted by molar-refractivity contribution is 6.11. The van der Waals surface area contributed by atoms with Crippen molar-refractivity contribution < 1.29 is 4.42 Å². The van der Waals surface area contributed by atoms with Crippen molar-refractivity contribution in [2.24, 2.45) is 0 Å². The molecule has 1 aliphatic carbocycles. The maximum Gasteiger partial charge on any atom is 0.143 e. The van der Waals surface area contributed by atoms with Crippen LogP contribution < -0.4 is 15.3 Å². The van der Waals surface area contributed by atoms with E-state index in [1.807, 2.05) is 18.2 Å². The van der Waals surface area contributed by atoms with E-state index in [0.717, 1.165) is 44.1 Å². The van der Waals surface area contributed by atoms with Crippen molar-refractivity contribution in [3.63, 3.8) is 0 Å². The quantitative estimate of drug-likeness (QED) is 0.197. The van der Waals surface area contributed by atoms with Gasteiger partial charge in [-0.05, 0) is 81.6 Å². The molecule has 46 heavy (non-hydrogen) atoms. The average Bonchev–Trinajstić information content (AvgIpc) is 3.57. The van der Waals surface area contributed by atoms with Crippen molar-refractivity contribution in [3.05, 3.63) is 167 Å². The van der Waals surface area contributed by atoms with Gasteiger partial charge in [0.25, 0.3) is 0 Å². The number of benzene rings is 6. The Morgan fingerprint density at radius 3 is 2.17 bits per heavy atom. The third-order valence-corrected chi connectivity index (χ3v) is 9.57. The summed E-state index contributed by atoms with van der Waals surface area (Å²) in [7, 11) is 0. The van der Waals surface area contributed by atoms with E-state index in [1.165, 1.54) is 38.8 Å². The van der Waals surface area contributed by atoms with E-state index < -0.39 is 0 Å². The lowest BCUT2D eigenvalue weighted by molar-refractivity contribution is 0.653. The molecule has 0 spiro atoms. The fourth-order valence-electron chi connectivity index (χ4n) is 7.10. The molecule has 0 saturated heterocycles. The summed E-state index contributed by atoms with van der Waals surface area (Å²) in [6, 6.07) is 47.4. The molecular weight excluding hydrogens is 558 g/mol. The summed E-state index contributed by atoms with van der Waals surface area (Å²) in [5, 5.41) is 4.46. The molecule has 2 heteroatoms. The van der Waals surface area contributed by atoms with Gasteiger partial charge in [0, 0.05) is 38.8 Å². The predicted octanol–water partition coefficient (Wildman–Crippen LogP) is 10.5. The van der Waals surface area contributed by atoms with Gasteiger partial charge in [-0.2, -0.15) is 0 Å². The van der Waals surface area contributed by atoms with E-state index in [4.69, 9.17) is 4.42 Å². The second-order valence-electron chi connectivity index (χ2n) is 12.7. The average molecular weight is 594 g/mol. The Balaban J connectivity index is 1.28. The van der Waals surface area contributed by atoms with Crippen molar-refractivity contribution in [3.8, 4) is 22.3 Å². The molecule has 2 nitrogen and oxygen atoms in total. The molecule has 0 N–H and O–H groups in total. The third-order valence-electron chi connectivity index (χ3n) is 9.57. The number of allylic oxidation sites excluding steroid dienone is 2. The van der Waals surface area contributed by atoms with Gasteiger partial charge in [-0.1, -0.05) is 130 Å². The molecule has 1 aliphatic rings. The lowest BCUT2D eigenvalue weighted by Crippen LogP contribution is -2.22. The topological polar surface area (TPSA) is 16.4 Å². The molecule has 1 aromatic heterocycles. The zero-order valence-electron chi connectivity index (χ0n) is 26.4. The van der Waals surface area contributed by atoms with Crippen LogP contribution in [0.4, 0.5) is 11.4 Å². The van der Waals surface area contributed by atoms with E-state index in [9.17, 15) is 0 Å². The maximum absolute atomic E-state index is 6.53. The normalized spacial score (nSPS) is 14.1. The van der Waals surface area contributed by atoms with Gasteiger partial charge in [0.1, 0.15) is 11.2 Å². The minimum absolute atomic E-state index is 0.187. The van der Waals surface area contributed by atoms with Gasteiger partial charge in [-0.15, -0.1) is 0 Å². The van der Waals surface area contributed by atoms with Gasteiger partial charge in [-0.25, -0.2) is 0 Å². The molecule has 1 heterocycles. The molecule has 0 amide bonds. The fourth-order valence-corrected chi connectivity index (χ4v) is 7.10. The molecule has 222 valence electrons. The Morgan fingerprint density at radius 2 is 1.37 bits per heavy atom. The van der Waals surface area contributed by atoms with Crippen LogP contribution in [0.15, 0.2) is 150 Å². The number of para-hydroxylation sites is 1. The highest BCUT2D eigenvalue weighted by atomic mass is 16.3. The van der Waals surface area contributed by atoms with Gasteiger partial charge < -0.3 is 9.32 Å². The number of anilines is 2. The molecule has 7 aromatic rings. The summed E-state index contributed by atoms with van der Waals surface area (Å²) < 4.78 is 6.53. The van der Waals surface area contributed by atoms with E-state index in [1.54, 1.807) is 0 Å². The molecule has 0 bridgehead atoms. The van der Waals surface area contributed by atoms with Crippen LogP contribution in [0.1, 0.15) is 31.9 Å². The molecule has 0 aliphatic heterocycles. The van der Waals surface area contributed by atoms with E-state index in [2.05, 4.69) is 160 Å². The molecule has 6 aromatic carbocycles. The minimum atomic E-state index is -0.187. The molecule has 0 fully saturated rings. The number of fused-ring (bicyclic) bond motifs is 7. The monoisotopic (exact) mass is 593 g/mol.